The maximum absolute atomic E-state index is 13.8. The fourth-order valence-electron chi connectivity index (χ4n) is 3.85. The Balaban J connectivity index is 2.02. The first kappa shape index (κ1) is 28.4. The van der Waals surface area contributed by atoms with Crippen LogP contribution in [0.3, 0.4) is 0 Å². The number of hydrogen-bond donors (Lipinski definition) is 1. The number of rotatable bonds is 10. The van der Waals surface area contributed by atoms with Gasteiger partial charge in [-0.3, -0.25) is 13.9 Å². The quantitative estimate of drug-likeness (QED) is 0.367. The first-order valence-corrected chi connectivity index (χ1v) is 14.2. The molecular formula is C28H32BrN3O4S. The van der Waals surface area contributed by atoms with Gasteiger partial charge in [0.15, 0.2) is 0 Å². The molecule has 37 heavy (non-hydrogen) atoms. The molecule has 0 heterocycles. The van der Waals surface area contributed by atoms with Crippen LogP contribution in [0.1, 0.15) is 31.9 Å². The minimum absolute atomic E-state index is 0.0797. The summed E-state index contributed by atoms with van der Waals surface area (Å²) in [7, 11) is -4.07. The number of nitrogens with zero attached hydrogens (tertiary/aromatic N) is 2. The number of carbonyl (C=O) groups excluding carboxylic acids is 2. The van der Waals surface area contributed by atoms with Gasteiger partial charge in [0.05, 0.1) is 10.6 Å². The molecule has 3 aromatic rings. The minimum atomic E-state index is -4.07. The van der Waals surface area contributed by atoms with Gasteiger partial charge in [0.1, 0.15) is 12.6 Å². The molecule has 9 heteroatoms. The number of anilines is 1. The maximum atomic E-state index is 13.8. The van der Waals surface area contributed by atoms with Crippen LogP contribution in [0.2, 0.25) is 0 Å². The number of halogens is 1. The van der Waals surface area contributed by atoms with Crippen LogP contribution in [-0.4, -0.2) is 43.8 Å². The van der Waals surface area contributed by atoms with Crippen molar-refractivity contribution in [2.45, 2.75) is 51.2 Å². The van der Waals surface area contributed by atoms with E-state index >= 15 is 0 Å². The Kier molecular flexibility index (Phi) is 9.50. The molecular weight excluding hydrogens is 554 g/mol. The van der Waals surface area contributed by atoms with Gasteiger partial charge in [-0.25, -0.2) is 8.42 Å². The smallest absolute Gasteiger partial charge is 0.264 e. The summed E-state index contributed by atoms with van der Waals surface area (Å²) in [6.07, 6.45) is 0. The highest BCUT2D eigenvalue weighted by Gasteiger charge is 2.33. The van der Waals surface area contributed by atoms with Crippen molar-refractivity contribution in [3.05, 3.63) is 94.5 Å². The molecule has 3 aromatic carbocycles. The van der Waals surface area contributed by atoms with Gasteiger partial charge in [-0.05, 0) is 69.2 Å². The molecule has 0 spiro atoms. The highest BCUT2D eigenvalue weighted by atomic mass is 79.9. The summed E-state index contributed by atoms with van der Waals surface area (Å²) in [5.74, 6) is -0.800. The molecule has 0 bridgehead atoms. The molecule has 1 N–H and O–H groups in total. The predicted octanol–water partition coefficient (Wildman–Crippen LogP) is 4.89. The number of hydrogen-bond acceptors (Lipinski definition) is 4. The van der Waals surface area contributed by atoms with E-state index in [1.165, 1.54) is 17.0 Å². The van der Waals surface area contributed by atoms with Crippen LogP contribution >= 0.6 is 15.9 Å². The van der Waals surface area contributed by atoms with Crippen LogP contribution < -0.4 is 9.62 Å². The molecule has 0 aliphatic heterocycles. The second kappa shape index (κ2) is 12.4. The lowest BCUT2D eigenvalue weighted by Crippen LogP contribution is -2.52. The first-order valence-electron chi connectivity index (χ1n) is 12.0. The molecule has 3 rings (SSSR count). The van der Waals surface area contributed by atoms with E-state index in [-0.39, 0.29) is 23.4 Å². The van der Waals surface area contributed by atoms with Crippen molar-refractivity contribution in [1.29, 1.82) is 0 Å². The number of sulfonamides is 1. The normalized spacial score (nSPS) is 12.2. The van der Waals surface area contributed by atoms with Crippen molar-refractivity contribution < 1.29 is 18.0 Å². The second-order valence-electron chi connectivity index (χ2n) is 9.10. The average molecular weight is 587 g/mol. The van der Waals surface area contributed by atoms with Crippen LogP contribution in [0.15, 0.2) is 88.2 Å². The maximum Gasteiger partial charge on any atom is 0.264 e. The van der Waals surface area contributed by atoms with E-state index in [4.69, 9.17) is 0 Å². The van der Waals surface area contributed by atoms with Gasteiger partial charge in [-0.2, -0.15) is 0 Å². The van der Waals surface area contributed by atoms with Crippen molar-refractivity contribution in [2.24, 2.45) is 0 Å². The molecule has 0 saturated carbocycles. The fraction of sp³-hybridized carbons (Fsp3) is 0.286. The lowest BCUT2D eigenvalue weighted by atomic mass is 10.1. The summed E-state index contributed by atoms with van der Waals surface area (Å²) in [6.45, 7) is 6.82. The Labute approximate surface area is 227 Å². The third-order valence-electron chi connectivity index (χ3n) is 5.86. The Morgan fingerprint density at radius 2 is 1.49 bits per heavy atom. The predicted molar refractivity (Wildman–Crippen MR) is 150 cm³/mol. The fourth-order valence-corrected chi connectivity index (χ4v) is 5.61. The molecule has 1 atom stereocenters. The number of carbonyl (C=O) groups is 2. The van der Waals surface area contributed by atoms with Gasteiger partial charge in [0.25, 0.3) is 10.0 Å². The van der Waals surface area contributed by atoms with Crippen LogP contribution in [0.25, 0.3) is 0 Å². The average Bonchev–Trinajstić information content (AvgIpc) is 2.87. The summed E-state index contributed by atoms with van der Waals surface area (Å²) in [5.41, 5.74) is 1.93. The van der Waals surface area contributed by atoms with Gasteiger partial charge in [0.2, 0.25) is 11.8 Å². The van der Waals surface area contributed by atoms with E-state index in [1.54, 1.807) is 50.2 Å². The van der Waals surface area contributed by atoms with Gasteiger partial charge in [-0.15, -0.1) is 0 Å². The molecule has 0 aliphatic rings. The Bertz CT molecular complexity index is 1330. The van der Waals surface area contributed by atoms with Crippen molar-refractivity contribution in [1.82, 2.24) is 10.2 Å². The van der Waals surface area contributed by atoms with Crippen molar-refractivity contribution in [2.75, 3.05) is 10.8 Å². The largest absolute Gasteiger partial charge is 0.352 e. The van der Waals surface area contributed by atoms with E-state index in [9.17, 15) is 18.0 Å². The van der Waals surface area contributed by atoms with E-state index in [2.05, 4.69) is 21.2 Å². The van der Waals surface area contributed by atoms with Crippen LogP contribution in [-0.2, 0) is 26.2 Å². The van der Waals surface area contributed by atoms with Gasteiger partial charge >= 0.3 is 0 Å². The zero-order valence-corrected chi connectivity index (χ0v) is 23.8. The monoisotopic (exact) mass is 585 g/mol. The SMILES string of the molecule is Cc1ccccc1N(CC(=O)N(Cc1ccc(Br)cc1)[C@@H](C)C(=O)NC(C)C)S(=O)(=O)c1ccccc1. The topological polar surface area (TPSA) is 86.8 Å². The highest BCUT2D eigenvalue weighted by molar-refractivity contribution is 9.10. The molecule has 2 amide bonds. The van der Waals surface area contributed by atoms with E-state index in [0.29, 0.717) is 11.3 Å². The lowest BCUT2D eigenvalue weighted by Gasteiger charge is -2.32. The lowest BCUT2D eigenvalue weighted by molar-refractivity contribution is -0.139. The van der Waals surface area contributed by atoms with Gasteiger partial charge < -0.3 is 10.2 Å². The van der Waals surface area contributed by atoms with E-state index < -0.39 is 28.5 Å². The Morgan fingerprint density at radius 3 is 2.08 bits per heavy atom. The standard InChI is InChI=1S/C28H32BrN3O4S/c1-20(2)30-28(34)22(4)31(18-23-14-16-24(29)17-15-23)27(33)19-32(26-13-9-8-10-21(26)3)37(35,36)25-11-6-5-7-12-25/h5-17,20,22H,18-19H2,1-4H3,(H,30,34)/t22-/m0/s1. The van der Waals surface area contributed by atoms with Crippen LogP contribution in [0.4, 0.5) is 5.69 Å². The van der Waals surface area contributed by atoms with Crippen LogP contribution in [0, 0.1) is 6.92 Å². The number of aryl methyl sites for hydroxylation is 1. The molecule has 7 nitrogen and oxygen atoms in total. The first-order chi connectivity index (χ1) is 17.5. The van der Waals surface area contributed by atoms with E-state index in [0.717, 1.165) is 14.3 Å². The number of amides is 2. The number of para-hydroxylation sites is 1. The van der Waals surface area contributed by atoms with Gasteiger partial charge in [0, 0.05) is 17.1 Å². The third kappa shape index (κ3) is 7.20. The summed E-state index contributed by atoms with van der Waals surface area (Å²) >= 11 is 3.41. The molecule has 0 aromatic heterocycles. The van der Waals surface area contributed by atoms with Crippen LogP contribution in [0.5, 0.6) is 0 Å². The summed E-state index contributed by atoms with van der Waals surface area (Å²) < 4.78 is 29.5. The summed E-state index contributed by atoms with van der Waals surface area (Å²) in [5, 5.41) is 2.85. The Hall–Kier alpha value is -3.17. The number of nitrogens with one attached hydrogen (secondary N) is 1. The molecule has 0 radical (unpaired) electrons. The molecule has 0 saturated heterocycles. The van der Waals surface area contributed by atoms with Crippen molar-refractivity contribution in [3.63, 3.8) is 0 Å². The molecule has 0 fully saturated rings. The Morgan fingerprint density at radius 1 is 0.892 bits per heavy atom. The summed E-state index contributed by atoms with van der Waals surface area (Å²) in [6, 6.07) is 21.5. The van der Waals surface area contributed by atoms with Crippen molar-refractivity contribution >= 4 is 43.5 Å². The second-order valence-corrected chi connectivity index (χ2v) is 11.9. The zero-order chi connectivity index (χ0) is 27.2. The van der Waals surface area contributed by atoms with E-state index in [1.807, 2.05) is 44.2 Å². The minimum Gasteiger partial charge on any atom is -0.352 e. The zero-order valence-electron chi connectivity index (χ0n) is 21.4. The number of benzene rings is 3. The third-order valence-corrected chi connectivity index (χ3v) is 8.16. The molecule has 0 aliphatic carbocycles. The van der Waals surface area contributed by atoms with Crippen molar-refractivity contribution in [3.8, 4) is 0 Å². The molecule has 0 unspecified atom stereocenters. The highest BCUT2D eigenvalue weighted by Crippen LogP contribution is 2.27. The molecule has 196 valence electrons. The summed E-state index contributed by atoms with van der Waals surface area (Å²) in [4.78, 5) is 28.3. The van der Waals surface area contributed by atoms with Gasteiger partial charge in [-0.1, -0.05) is 64.5 Å².